The third-order valence-electron chi connectivity index (χ3n) is 3.49. The average Bonchev–Trinajstić information content (AvgIpc) is 2.63. The van der Waals surface area contributed by atoms with E-state index in [0.717, 1.165) is 31.0 Å². The fourth-order valence-electron chi connectivity index (χ4n) is 2.02. The quantitative estimate of drug-likeness (QED) is 0.333. The first-order valence-electron chi connectivity index (χ1n) is 8.75. The van der Waals surface area contributed by atoms with Crippen LogP contribution in [-0.4, -0.2) is 23.2 Å². The molecule has 0 amide bonds. The lowest BCUT2D eigenvalue weighted by molar-refractivity contribution is -0.137. The molecule has 0 aliphatic carbocycles. The zero-order valence-corrected chi connectivity index (χ0v) is 16.1. The Morgan fingerprint density at radius 1 is 1.30 bits per heavy atom. The van der Waals surface area contributed by atoms with Crippen LogP contribution in [0.4, 0.5) is 24.9 Å². The van der Waals surface area contributed by atoms with Crippen molar-refractivity contribution in [1.82, 2.24) is 9.97 Å². The highest BCUT2D eigenvalue weighted by molar-refractivity contribution is 5.61. The minimum atomic E-state index is -4.53. The number of halogens is 3. The number of rotatable bonds is 9. The van der Waals surface area contributed by atoms with E-state index >= 15 is 0 Å². The van der Waals surface area contributed by atoms with Crippen molar-refractivity contribution in [1.29, 1.82) is 0 Å². The molecule has 0 unspecified atom stereocenters. The number of alkyl halides is 3. The molecule has 0 saturated heterocycles. The summed E-state index contributed by atoms with van der Waals surface area (Å²) in [6, 6.07) is 0. The summed E-state index contributed by atoms with van der Waals surface area (Å²) >= 11 is 0. The second-order valence-corrected chi connectivity index (χ2v) is 5.70. The number of nitrogens with zero attached hydrogens (tertiary/aromatic N) is 3. The van der Waals surface area contributed by atoms with Gasteiger partial charge in [0.15, 0.2) is 0 Å². The topological polar surface area (TPSA) is 62.2 Å². The van der Waals surface area contributed by atoms with Gasteiger partial charge >= 0.3 is 6.18 Å². The second-order valence-electron chi connectivity index (χ2n) is 5.70. The van der Waals surface area contributed by atoms with Crippen molar-refractivity contribution in [3.63, 3.8) is 0 Å². The van der Waals surface area contributed by atoms with E-state index < -0.39 is 11.7 Å². The van der Waals surface area contributed by atoms with Crippen molar-refractivity contribution in [3.05, 3.63) is 47.5 Å². The third-order valence-corrected chi connectivity index (χ3v) is 3.49. The van der Waals surface area contributed by atoms with Crippen molar-refractivity contribution in [3.8, 4) is 0 Å². The van der Waals surface area contributed by atoms with Gasteiger partial charge in [0.05, 0.1) is 0 Å². The van der Waals surface area contributed by atoms with E-state index in [9.17, 15) is 13.2 Å². The van der Waals surface area contributed by atoms with E-state index in [1.54, 1.807) is 6.21 Å². The standard InChI is InChI=1S/C19H26F3N5/c1-5-7-9-11-14(3)16(24-12-10-8-6-2)26-18-25-13-15(19(20,21)22)17(23-4)27-18/h5,7,9,11-13H,6,8,10H2,1-4H3,(H2,23,25,26,27)/b7-5-,11-9-,16-14-,24-12-. The summed E-state index contributed by atoms with van der Waals surface area (Å²) in [5.41, 5.74) is -0.118. The van der Waals surface area contributed by atoms with Crippen LogP contribution in [0.3, 0.4) is 0 Å². The van der Waals surface area contributed by atoms with Crippen LogP contribution < -0.4 is 10.6 Å². The van der Waals surface area contributed by atoms with Gasteiger partial charge in [0.25, 0.3) is 0 Å². The van der Waals surface area contributed by atoms with Gasteiger partial charge in [-0.2, -0.15) is 18.2 Å². The van der Waals surface area contributed by atoms with Crippen molar-refractivity contribution < 1.29 is 13.2 Å². The summed E-state index contributed by atoms with van der Waals surface area (Å²) < 4.78 is 38.9. The molecule has 0 fully saturated rings. The number of aromatic nitrogens is 2. The molecule has 1 heterocycles. The highest BCUT2D eigenvalue weighted by Crippen LogP contribution is 2.33. The van der Waals surface area contributed by atoms with E-state index in [2.05, 4.69) is 32.5 Å². The summed E-state index contributed by atoms with van der Waals surface area (Å²) in [4.78, 5) is 12.1. The van der Waals surface area contributed by atoms with E-state index in [1.165, 1.54) is 7.05 Å². The first-order valence-corrected chi connectivity index (χ1v) is 8.75. The number of aliphatic imine (C=N–C) groups is 1. The lowest BCUT2D eigenvalue weighted by Crippen LogP contribution is -2.13. The summed E-state index contributed by atoms with van der Waals surface area (Å²) in [6.07, 6.45) is 8.33. The lowest BCUT2D eigenvalue weighted by Gasteiger charge is -2.13. The Morgan fingerprint density at radius 3 is 2.63 bits per heavy atom. The van der Waals surface area contributed by atoms with Gasteiger partial charge in [0.1, 0.15) is 17.2 Å². The van der Waals surface area contributed by atoms with E-state index in [4.69, 9.17) is 0 Å². The van der Waals surface area contributed by atoms with Crippen LogP contribution in [0, 0.1) is 0 Å². The molecule has 0 bridgehead atoms. The van der Waals surface area contributed by atoms with E-state index in [1.807, 2.05) is 38.2 Å². The number of hydrogen-bond donors (Lipinski definition) is 2. The normalized spacial score (nSPS) is 13.6. The Morgan fingerprint density at radius 2 is 2.04 bits per heavy atom. The molecule has 2 N–H and O–H groups in total. The summed E-state index contributed by atoms with van der Waals surface area (Å²) in [6.45, 7) is 5.84. The molecular formula is C19H26F3N5. The van der Waals surface area contributed by atoms with Crippen LogP contribution in [0.25, 0.3) is 0 Å². The average molecular weight is 381 g/mol. The lowest BCUT2D eigenvalue weighted by atomic mass is 10.2. The summed E-state index contributed by atoms with van der Waals surface area (Å²) in [5.74, 6) is 0.221. The number of hydrogen-bond acceptors (Lipinski definition) is 5. The van der Waals surface area contributed by atoms with E-state index in [-0.39, 0.29) is 11.8 Å². The molecule has 0 radical (unpaired) electrons. The van der Waals surface area contributed by atoms with Crippen molar-refractivity contribution in [2.45, 2.75) is 46.2 Å². The maximum Gasteiger partial charge on any atom is 0.421 e. The minimum Gasteiger partial charge on any atom is -0.372 e. The Kier molecular flexibility index (Phi) is 9.25. The van der Waals surface area contributed by atoms with Gasteiger partial charge in [-0.25, -0.2) is 9.98 Å². The molecule has 148 valence electrons. The second kappa shape index (κ2) is 11.2. The first-order chi connectivity index (χ1) is 12.8. The van der Waals surface area contributed by atoms with Crippen LogP contribution in [0.15, 0.2) is 46.9 Å². The molecule has 1 aromatic rings. The largest absolute Gasteiger partial charge is 0.421 e. The van der Waals surface area contributed by atoms with Gasteiger partial charge in [-0.1, -0.05) is 37.6 Å². The van der Waals surface area contributed by atoms with Crippen molar-refractivity contribution in [2.75, 3.05) is 17.7 Å². The maximum absolute atomic E-state index is 13.0. The fraction of sp³-hybridized carbons (Fsp3) is 0.421. The molecule has 0 aliphatic heterocycles. The summed E-state index contributed by atoms with van der Waals surface area (Å²) in [7, 11) is 1.38. The molecule has 0 aromatic carbocycles. The molecule has 27 heavy (non-hydrogen) atoms. The zero-order chi connectivity index (χ0) is 20.3. The Bertz CT molecular complexity index is 719. The Labute approximate surface area is 158 Å². The van der Waals surface area contributed by atoms with Gasteiger partial charge in [-0.05, 0) is 32.3 Å². The highest BCUT2D eigenvalue weighted by Gasteiger charge is 2.35. The number of allylic oxidation sites excluding steroid dienone is 5. The van der Waals surface area contributed by atoms with Crippen LogP contribution in [0.2, 0.25) is 0 Å². The molecule has 0 spiro atoms. The van der Waals surface area contributed by atoms with Crippen LogP contribution in [0.5, 0.6) is 0 Å². The zero-order valence-electron chi connectivity index (χ0n) is 16.1. The monoisotopic (exact) mass is 381 g/mol. The smallest absolute Gasteiger partial charge is 0.372 e. The molecular weight excluding hydrogens is 355 g/mol. The molecule has 0 aliphatic rings. The van der Waals surface area contributed by atoms with Crippen molar-refractivity contribution in [2.24, 2.45) is 4.99 Å². The van der Waals surface area contributed by atoms with Gasteiger partial charge in [0, 0.05) is 19.5 Å². The molecule has 8 heteroatoms. The van der Waals surface area contributed by atoms with E-state index in [0.29, 0.717) is 5.82 Å². The number of unbranched alkanes of at least 4 members (excludes halogenated alkanes) is 2. The Hall–Kier alpha value is -2.64. The predicted molar refractivity (Wildman–Crippen MR) is 105 cm³/mol. The Balaban J connectivity index is 3.17. The molecule has 1 aromatic heterocycles. The van der Waals surface area contributed by atoms with Crippen LogP contribution in [0.1, 0.15) is 45.6 Å². The maximum atomic E-state index is 13.0. The van der Waals surface area contributed by atoms with Gasteiger partial charge in [-0.15, -0.1) is 0 Å². The van der Waals surface area contributed by atoms with Gasteiger partial charge in [-0.3, -0.25) is 0 Å². The third kappa shape index (κ3) is 7.64. The molecule has 5 nitrogen and oxygen atoms in total. The summed E-state index contributed by atoms with van der Waals surface area (Å²) in [5, 5.41) is 5.37. The predicted octanol–water partition coefficient (Wildman–Crippen LogP) is 5.57. The van der Waals surface area contributed by atoms with Gasteiger partial charge in [0.2, 0.25) is 5.95 Å². The SMILES string of the molecule is C\C=C/C=C\C(C)=C(\N=C/CCCC)Nc1ncc(C(F)(F)F)c(NC)n1. The number of anilines is 2. The van der Waals surface area contributed by atoms with Crippen molar-refractivity contribution >= 4 is 18.0 Å². The fourth-order valence-corrected chi connectivity index (χ4v) is 2.02. The molecule has 0 saturated carbocycles. The van der Waals surface area contributed by atoms with Gasteiger partial charge < -0.3 is 10.6 Å². The minimum absolute atomic E-state index is 0.0359. The molecule has 1 rings (SSSR count). The van der Waals surface area contributed by atoms with Crippen LogP contribution in [-0.2, 0) is 6.18 Å². The first kappa shape index (κ1) is 22.4. The highest BCUT2D eigenvalue weighted by atomic mass is 19.4. The molecule has 0 atom stereocenters. The number of nitrogens with one attached hydrogen (secondary N) is 2. The van der Waals surface area contributed by atoms with Crippen LogP contribution >= 0.6 is 0 Å².